The molecule has 1 atom stereocenters. The van der Waals surface area contributed by atoms with Crippen molar-refractivity contribution in [1.82, 2.24) is 0 Å². The number of carbonyl (C=O) groups excluding carboxylic acids is 1. The first kappa shape index (κ1) is 14.9. The van der Waals surface area contributed by atoms with Crippen LogP contribution >= 0.6 is 0 Å². The lowest BCUT2D eigenvalue weighted by atomic mass is 9.83. The number of rotatable bonds is 6. The molecule has 1 aromatic rings. The van der Waals surface area contributed by atoms with Crippen LogP contribution in [0.25, 0.3) is 0 Å². The fourth-order valence-corrected chi connectivity index (χ4v) is 2.28. The molecule has 3 N–H and O–H groups in total. The van der Waals surface area contributed by atoms with E-state index in [1.807, 2.05) is 19.1 Å². The second-order valence-electron chi connectivity index (χ2n) is 5.66. The molecule has 1 amide bonds. The number of nitrogens with one attached hydrogen (secondary N) is 1. The minimum atomic E-state index is -0.434. The Kier molecular flexibility index (Phi) is 5.01. The molecule has 1 aliphatic carbocycles. The molecule has 0 saturated heterocycles. The highest BCUT2D eigenvalue weighted by Gasteiger charge is 2.19. The van der Waals surface area contributed by atoms with E-state index in [4.69, 9.17) is 10.5 Å². The standard InChI is InChI=1S/C16H24N2O2/c1-11-6-7-14(17)10-15(11)18-16(19)12(2)20-9-8-13-4-3-5-13/h6-7,10,12-13H,3-5,8-9,17H2,1-2H3,(H,18,19). The third-order valence-electron chi connectivity index (χ3n) is 4.01. The van der Waals surface area contributed by atoms with Crippen molar-refractivity contribution in [2.75, 3.05) is 17.7 Å². The molecule has 110 valence electrons. The molecule has 20 heavy (non-hydrogen) atoms. The van der Waals surface area contributed by atoms with Crippen molar-refractivity contribution in [2.45, 2.75) is 45.6 Å². The minimum Gasteiger partial charge on any atom is -0.399 e. The number of carbonyl (C=O) groups is 1. The Morgan fingerprint density at radius 1 is 1.50 bits per heavy atom. The van der Waals surface area contributed by atoms with Crippen molar-refractivity contribution in [3.8, 4) is 0 Å². The summed E-state index contributed by atoms with van der Waals surface area (Å²) in [5, 5.41) is 2.87. The molecule has 0 aliphatic heterocycles. The van der Waals surface area contributed by atoms with Crippen LogP contribution in [0.2, 0.25) is 0 Å². The van der Waals surface area contributed by atoms with E-state index >= 15 is 0 Å². The maximum Gasteiger partial charge on any atom is 0.253 e. The number of benzene rings is 1. The first-order valence-corrected chi connectivity index (χ1v) is 7.35. The summed E-state index contributed by atoms with van der Waals surface area (Å²) >= 11 is 0. The molecular weight excluding hydrogens is 252 g/mol. The van der Waals surface area contributed by atoms with Gasteiger partial charge in [-0.15, -0.1) is 0 Å². The van der Waals surface area contributed by atoms with Gasteiger partial charge >= 0.3 is 0 Å². The SMILES string of the molecule is Cc1ccc(N)cc1NC(=O)C(C)OCCC1CCC1. The molecule has 2 rings (SSSR count). The summed E-state index contributed by atoms with van der Waals surface area (Å²) in [6.07, 6.45) is 4.60. The molecule has 0 aromatic heterocycles. The van der Waals surface area contributed by atoms with Crippen LogP contribution in [0.4, 0.5) is 11.4 Å². The fraction of sp³-hybridized carbons (Fsp3) is 0.562. The van der Waals surface area contributed by atoms with Gasteiger partial charge in [-0.1, -0.05) is 25.3 Å². The lowest BCUT2D eigenvalue weighted by Gasteiger charge is -2.25. The molecule has 1 aliphatic rings. The monoisotopic (exact) mass is 276 g/mol. The number of hydrogen-bond donors (Lipinski definition) is 2. The molecule has 1 unspecified atom stereocenters. The van der Waals surface area contributed by atoms with E-state index in [1.54, 1.807) is 13.0 Å². The Morgan fingerprint density at radius 3 is 2.90 bits per heavy atom. The average Bonchev–Trinajstić information content (AvgIpc) is 2.36. The highest BCUT2D eigenvalue weighted by atomic mass is 16.5. The van der Waals surface area contributed by atoms with Crippen LogP contribution in [0.5, 0.6) is 0 Å². The van der Waals surface area contributed by atoms with Crippen molar-refractivity contribution >= 4 is 17.3 Å². The van der Waals surface area contributed by atoms with E-state index in [9.17, 15) is 4.79 Å². The Hall–Kier alpha value is -1.55. The number of aryl methyl sites for hydroxylation is 1. The highest BCUT2D eigenvalue weighted by molar-refractivity contribution is 5.95. The van der Waals surface area contributed by atoms with E-state index in [0.29, 0.717) is 12.3 Å². The summed E-state index contributed by atoms with van der Waals surface area (Å²) < 4.78 is 5.61. The first-order chi connectivity index (χ1) is 9.56. The zero-order valence-electron chi connectivity index (χ0n) is 12.3. The topological polar surface area (TPSA) is 64.3 Å². The number of nitrogen functional groups attached to an aromatic ring is 1. The van der Waals surface area contributed by atoms with Crippen molar-refractivity contribution in [3.05, 3.63) is 23.8 Å². The molecule has 1 aromatic carbocycles. The third-order valence-corrected chi connectivity index (χ3v) is 4.01. The fourth-order valence-electron chi connectivity index (χ4n) is 2.28. The van der Waals surface area contributed by atoms with Gasteiger partial charge in [-0.05, 0) is 43.9 Å². The van der Waals surface area contributed by atoms with E-state index < -0.39 is 6.10 Å². The maximum atomic E-state index is 12.1. The molecule has 0 radical (unpaired) electrons. The Bertz CT molecular complexity index is 470. The number of anilines is 2. The summed E-state index contributed by atoms with van der Waals surface area (Å²) in [6.45, 7) is 4.39. The van der Waals surface area contributed by atoms with Crippen LogP contribution in [0.3, 0.4) is 0 Å². The van der Waals surface area contributed by atoms with Crippen LogP contribution in [0.1, 0.15) is 38.2 Å². The predicted octanol–water partition coefficient (Wildman–Crippen LogP) is 3.11. The molecule has 1 saturated carbocycles. The molecule has 0 heterocycles. The zero-order chi connectivity index (χ0) is 14.5. The largest absolute Gasteiger partial charge is 0.399 e. The minimum absolute atomic E-state index is 0.118. The van der Waals surface area contributed by atoms with E-state index in [2.05, 4.69) is 5.32 Å². The summed E-state index contributed by atoms with van der Waals surface area (Å²) in [5.41, 5.74) is 8.12. The van der Waals surface area contributed by atoms with E-state index in [-0.39, 0.29) is 5.91 Å². The average molecular weight is 276 g/mol. The number of ether oxygens (including phenoxy) is 1. The van der Waals surface area contributed by atoms with Gasteiger partial charge < -0.3 is 15.8 Å². The van der Waals surface area contributed by atoms with Gasteiger partial charge in [-0.2, -0.15) is 0 Å². The quantitative estimate of drug-likeness (QED) is 0.785. The molecule has 4 heteroatoms. The van der Waals surface area contributed by atoms with Gasteiger partial charge in [0.1, 0.15) is 6.10 Å². The lowest BCUT2D eigenvalue weighted by molar-refractivity contribution is -0.126. The Balaban J connectivity index is 1.79. The molecule has 0 spiro atoms. The zero-order valence-corrected chi connectivity index (χ0v) is 12.3. The second kappa shape index (κ2) is 6.75. The van der Waals surface area contributed by atoms with Gasteiger partial charge in [0.05, 0.1) is 0 Å². The van der Waals surface area contributed by atoms with Crippen LogP contribution < -0.4 is 11.1 Å². The number of amides is 1. The van der Waals surface area contributed by atoms with Gasteiger partial charge in [0, 0.05) is 18.0 Å². The van der Waals surface area contributed by atoms with Gasteiger partial charge in [0.25, 0.3) is 5.91 Å². The molecule has 4 nitrogen and oxygen atoms in total. The van der Waals surface area contributed by atoms with Gasteiger partial charge in [-0.3, -0.25) is 4.79 Å². The lowest BCUT2D eigenvalue weighted by Crippen LogP contribution is -2.29. The predicted molar refractivity (Wildman–Crippen MR) is 81.6 cm³/mol. The highest BCUT2D eigenvalue weighted by Crippen LogP contribution is 2.29. The smallest absolute Gasteiger partial charge is 0.253 e. The van der Waals surface area contributed by atoms with E-state index in [0.717, 1.165) is 23.6 Å². The molecule has 1 fully saturated rings. The summed E-state index contributed by atoms with van der Waals surface area (Å²) in [7, 11) is 0. The number of hydrogen-bond acceptors (Lipinski definition) is 3. The summed E-state index contributed by atoms with van der Waals surface area (Å²) in [6, 6.07) is 5.49. The van der Waals surface area contributed by atoms with E-state index in [1.165, 1.54) is 19.3 Å². The molecule has 0 bridgehead atoms. The number of nitrogens with two attached hydrogens (primary N) is 1. The van der Waals surface area contributed by atoms with Gasteiger partial charge in [0.15, 0.2) is 0 Å². The summed E-state index contributed by atoms with van der Waals surface area (Å²) in [4.78, 5) is 12.1. The van der Waals surface area contributed by atoms with Crippen LogP contribution in [-0.4, -0.2) is 18.6 Å². The Labute approximate surface area is 120 Å². The molecular formula is C16H24N2O2. The maximum absolute atomic E-state index is 12.1. The van der Waals surface area contributed by atoms with Crippen molar-refractivity contribution in [1.29, 1.82) is 0 Å². The van der Waals surface area contributed by atoms with Crippen molar-refractivity contribution in [2.24, 2.45) is 5.92 Å². The van der Waals surface area contributed by atoms with Crippen LogP contribution in [-0.2, 0) is 9.53 Å². The first-order valence-electron chi connectivity index (χ1n) is 7.35. The van der Waals surface area contributed by atoms with Crippen LogP contribution in [0, 0.1) is 12.8 Å². The summed E-state index contributed by atoms with van der Waals surface area (Å²) in [5.74, 6) is 0.689. The van der Waals surface area contributed by atoms with Gasteiger partial charge in [-0.25, -0.2) is 0 Å². The Morgan fingerprint density at radius 2 is 2.25 bits per heavy atom. The third kappa shape index (κ3) is 3.97. The van der Waals surface area contributed by atoms with Crippen LogP contribution in [0.15, 0.2) is 18.2 Å². The van der Waals surface area contributed by atoms with Gasteiger partial charge in [0.2, 0.25) is 0 Å². The second-order valence-corrected chi connectivity index (χ2v) is 5.66. The normalized spacial score (nSPS) is 16.5. The van der Waals surface area contributed by atoms with Crippen molar-refractivity contribution < 1.29 is 9.53 Å². The van der Waals surface area contributed by atoms with Crippen molar-refractivity contribution in [3.63, 3.8) is 0 Å².